The van der Waals surface area contributed by atoms with E-state index in [2.05, 4.69) is 15.1 Å². The highest BCUT2D eigenvalue weighted by molar-refractivity contribution is 5.75. The van der Waals surface area contributed by atoms with E-state index in [0.717, 1.165) is 16.6 Å². The predicted octanol–water partition coefficient (Wildman–Crippen LogP) is 4.70. The molecule has 0 fully saturated rings. The first-order chi connectivity index (χ1) is 15.4. The summed E-state index contributed by atoms with van der Waals surface area (Å²) in [5.74, 6) is 1.30. The highest BCUT2D eigenvalue weighted by atomic mass is 16.6. The molecule has 0 spiro atoms. The van der Waals surface area contributed by atoms with Crippen LogP contribution in [-0.4, -0.2) is 41.5 Å². The second-order valence-corrected chi connectivity index (χ2v) is 7.53. The number of oxime groups is 1. The quantitative estimate of drug-likeness (QED) is 0.196. The number of aryl methyl sites for hydroxylation is 1. The lowest BCUT2D eigenvalue weighted by Gasteiger charge is -2.14. The Morgan fingerprint density at radius 1 is 1.03 bits per heavy atom. The summed E-state index contributed by atoms with van der Waals surface area (Å²) in [6, 6.07) is 12.7. The fraction of sp³-hybridized carbons (Fsp3) is 0.333. The van der Waals surface area contributed by atoms with Gasteiger partial charge in [-0.1, -0.05) is 25.1 Å². The molecule has 168 valence electrons. The maximum absolute atomic E-state index is 12.0. The molecule has 32 heavy (non-hydrogen) atoms. The molecular formula is C24H27N3O5. The van der Waals surface area contributed by atoms with E-state index in [4.69, 9.17) is 19.0 Å². The van der Waals surface area contributed by atoms with Crippen molar-refractivity contribution in [3.63, 3.8) is 0 Å². The van der Waals surface area contributed by atoms with E-state index in [1.165, 1.54) is 0 Å². The summed E-state index contributed by atoms with van der Waals surface area (Å²) in [7, 11) is 0. The molecule has 0 aliphatic heterocycles. The van der Waals surface area contributed by atoms with Crippen molar-refractivity contribution in [1.29, 1.82) is 0 Å². The van der Waals surface area contributed by atoms with Gasteiger partial charge in [0.2, 0.25) is 5.88 Å². The van der Waals surface area contributed by atoms with Crippen molar-refractivity contribution < 1.29 is 23.8 Å². The van der Waals surface area contributed by atoms with Gasteiger partial charge in [-0.3, -0.25) is 0 Å². The van der Waals surface area contributed by atoms with Crippen LogP contribution in [0, 0.1) is 12.8 Å². The predicted molar refractivity (Wildman–Crippen MR) is 121 cm³/mol. The summed E-state index contributed by atoms with van der Waals surface area (Å²) in [5.41, 5.74) is 2.70. The number of esters is 1. The highest BCUT2D eigenvalue weighted by Crippen LogP contribution is 2.24. The van der Waals surface area contributed by atoms with Crippen molar-refractivity contribution >= 4 is 23.2 Å². The molecule has 8 heteroatoms. The summed E-state index contributed by atoms with van der Waals surface area (Å²) < 4.78 is 16.5. The Labute approximate surface area is 187 Å². The Morgan fingerprint density at radius 2 is 1.78 bits per heavy atom. The molecule has 3 aromatic rings. The second kappa shape index (κ2) is 11.1. The van der Waals surface area contributed by atoms with Gasteiger partial charge in [-0.05, 0) is 61.7 Å². The molecule has 1 heterocycles. The zero-order valence-electron chi connectivity index (χ0n) is 18.6. The monoisotopic (exact) mass is 437 g/mol. The minimum atomic E-state index is -0.768. The average molecular weight is 437 g/mol. The van der Waals surface area contributed by atoms with Gasteiger partial charge in [0.15, 0.2) is 12.7 Å². The van der Waals surface area contributed by atoms with Gasteiger partial charge in [-0.25, -0.2) is 14.8 Å². The van der Waals surface area contributed by atoms with Gasteiger partial charge >= 0.3 is 5.97 Å². The van der Waals surface area contributed by atoms with E-state index in [1.54, 1.807) is 43.6 Å². The van der Waals surface area contributed by atoms with Crippen molar-refractivity contribution in [2.24, 2.45) is 11.1 Å². The van der Waals surface area contributed by atoms with E-state index < -0.39 is 12.1 Å². The fourth-order valence-corrected chi connectivity index (χ4v) is 2.63. The van der Waals surface area contributed by atoms with Gasteiger partial charge in [0.05, 0.1) is 17.2 Å². The van der Waals surface area contributed by atoms with Gasteiger partial charge in [0, 0.05) is 6.21 Å². The maximum atomic E-state index is 12.0. The third-order valence-corrected chi connectivity index (χ3v) is 4.22. The average Bonchev–Trinajstić information content (AvgIpc) is 2.77. The van der Waals surface area contributed by atoms with Crippen LogP contribution >= 0.6 is 0 Å². The van der Waals surface area contributed by atoms with Crippen molar-refractivity contribution in [3.05, 3.63) is 54.2 Å². The van der Waals surface area contributed by atoms with Crippen LogP contribution in [0.3, 0.4) is 0 Å². The number of ether oxygens (including phenoxy) is 3. The molecule has 0 saturated heterocycles. The molecule has 8 nitrogen and oxygen atoms in total. The first-order valence-electron chi connectivity index (χ1n) is 10.4. The van der Waals surface area contributed by atoms with Gasteiger partial charge in [-0.2, -0.15) is 0 Å². The lowest BCUT2D eigenvalue weighted by molar-refractivity contribution is -0.152. The minimum Gasteiger partial charge on any atom is -0.479 e. The van der Waals surface area contributed by atoms with E-state index in [1.807, 2.05) is 39.0 Å². The molecular weight excluding hydrogens is 410 g/mol. The zero-order valence-corrected chi connectivity index (χ0v) is 18.6. The maximum Gasteiger partial charge on any atom is 0.347 e. The van der Waals surface area contributed by atoms with Crippen molar-refractivity contribution in [2.75, 3.05) is 13.2 Å². The van der Waals surface area contributed by atoms with E-state index >= 15 is 0 Å². The first-order valence-corrected chi connectivity index (χ1v) is 10.4. The number of rotatable bonds is 10. The summed E-state index contributed by atoms with van der Waals surface area (Å²) in [4.78, 5) is 25.9. The largest absolute Gasteiger partial charge is 0.479 e. The molecule has 0 aliphatic carbocycles. The zero-order chi connectivity index (χ0) is 22.9. The van der Waals surface area contributed by atoms with E-state index in [0.29, 0.717) is 23.3 Å². The van der Waals surface area contributed by atoms with Crippen LogP contribution in [-0.2, 0) is 14.4 Å². The molecule has 0 aliphatic rings. The lowest BCUT2D eigenvalue weighted by Crippen LogP contribution is -2.27. The normalized spacial score (nSPS) is 12.2. The SMILES string of the molecule is Cc1ccc2nc(Oc3ccc(OC(C)C(=O)OCCO/N=C/C(C)C)cc3)cnc2c1. The Morgan fingerprint density at radius 3 is 2.53 bits per heavy atom. The molecule has 0 radical (unpaired) electrons. The molecule has 0 saturated carbocycles. The van der Waals surface area contributed by atoms with E-state index in [-0.39, 0.29) is 13.2 Å². The van der Waals surface area contributed by atoms with Crippen LogP contribution in [0.4, 0.5) is 0 Å². The second-order valence-electron chi connectivity index (χ2n) is 7.53. The summed E-state index contributed by atoms with van der Waals surface area (Å²) in [6.07, 6.45) is 2.49. The third-order valence-electron chi connectivity index (χ3n) is 4.22. The van der Waals surface area contributed by atoms with Crippen LogP contribution in [0.5, 0.6) is 17.4 Å². The van der Waals surface area contributed by atoms with Gasteiger partial charge in [-0.15, -0.1) is 0 Å². The topological polar surface area (TPSA) is 92.1 Å². The van der Waals surface area contributed by atoms with E-state index in [9.17, 15) is 4.79 Å². The third kappa shape index (κ3) is 6.94. The minimum absolute atomic E-state index is 0.0983. The van der Waals surface area contributed by atoms with Crippen LogP contribution in [0.2, 0.25) is 0 Å². The summed E-state index contributed by atoms with van der Waals surface area (Å²) in [6.45, 7) is 7.89. The molecule has 3 rings (SSSR count). The smallest absolute Gasteiger partial charge is 0.347 e. The molecule has 0 bridgehead atoms. The number of benzene rings is 2. The Bertz CT molecular complexity index is 1070. The number of carbonyl (C=O) groups excluding carboxylic acids is 1. The number of fused-ring (bicyclic) bond motifs is 1. The Balaban J connectivity index is 1.47. The first kappa shape index (κ1) is 23.0. The van der Waals surface area contributed by atoms with Gasteiger partial charge < -0.3 is 19.0 Å². The van der Waals surface area contributed by atoms with Crippen LogP contribution < -0.4 is 9.47 Å². The van der Waals surface area contributed by atoms with Crippen LogP contribution in [0.1, 0.15) is 26.3 Å². The van der Waals surface area contributed by atoms with Gasteiger partial charge in [0.25, 0.3) is 0 Å². The number of aromatic nitrogens is 2. The van der Waals surface area contributed by atoms with Crippen molar-refractivity contribution in [3.8, 4) is 17.4 Å². The number of nitrogens with zero attached hydrogens (tertiary/aromatic N) is 3. The number of carbonyl (C=O) groups is 1. The summed E-state index contributed by atoms with van der Waals surface area (Å²) >= 11 is 0. The van der Waals surface area contributed by atoms with Crippen molar-refractivity contribution in [1.82, 2.24) is 9.97 Å². The van der Waals surface area contributed by atoms with Crippen LogP contribution in [0.15, 0.2) is 53.8 Å². The Kier molecular flexibility index (Phi) is 7.96. The standard InChI is InChI=1S/C24H27N3O5/c1-16(2)14-26-30-12-11-29-24(28)18(4)31-19-6-8-20(9-7-19)32-23-15-25-22-13-17(3)5-10-21(22)27-23/h5-10,13-16,18H,11-12H2,1-4H3/b26-14+. The van der Waals surface area contributed by atoms with Gasteiger partial charge in [0.1, 0.15) is 18.1 Å². The molecule has 1 unspecified atom stereocenters. The highest BCUT2D eigenvalue weighted by Gasteiger charge is 2.16. The summed E-state index contributed by atoms with van der Waals surface area (Å²) in [5, 5.41) is 3.77. The lowest BCUT2D eigenvalue weighted by atomic mass is 10.2. The van der Waals surface area contributed by atoms with Crippen LogP contribution in [0.25, 0.3) is 11.0 Å². The molecule has 2 aromatic carbocycles. The Hall–Kier alpha value is -3.68. The number of hydrogen-bond acceptors (Lipinski definition) is 8. The number of hydrogen-bond donors (Lipinski definition) is 0. The molecule has 1 atom stereocenters. The molecule has 0 amide bonds. The molecule has 0 N–H and O–H groups in total. The fourth-order valence-electron chi connectivity index (χ4n) is 2.63. The van der Waals surface area contributed by atoms with Crippen molar-refractivity contribution in [2.45, 2.75) is 33.8 Å². The molecule has 1 aromatic heterocycles.